The Kier molecular flexibility index (Phi) is 4.15. The lowest BCUT2D eigenvalue weighted by atomic mass is 10.1. The van der Waals surface area contributed by atoms with Gasteiger partial charge in [0.25, 0.3) is 5.91 Å². The molecule has 0 aliphatic heterocycles. The fourth-order valence-corrected chi connectivity index (χ4v) is 1.76. The van der Waals surface area contributed by atoms with Crippen molar-refractivity contribution in [2.24, 2.45) is 0 Å². The van der Waals surface area contributed by atoms with Gasteiger partial charge < -0.3 is 4.90 Å². The van der Waals surface area contributed by atoms with E-state index in [-0.39, 0.29) is 11.7 Å². The van der Waals surface area contributed by atoms with Gasteiger partial charge in [0.2, 0.25) is 0 Å². The molecule has 0 bridgehead atoms. The minimum absolute atomic E-state index is 0.0997. The van der Waals surface area contributed by atoms with Crippen LogP contribution < -0.4 is 0 Å². The molecule has 0 aliphatic rings. The van der Waals surface area contributed by atoms with Crippen LogP contribution in [-0.2, 0) is 5.75 Å². The Labute approximate surface area is 93.5 Å². The lowest BCUT2D eigenvalue weighted by molar-refractivity contribution is 0.0827. The normalized spacial score (nSPS) is 10.1. The summed E-state index contributed by atoms with van der Waals surface area (Å²) in [6.45, 7) is 0. The fourth-order valence-electron chi connectivity index (χ4n) is 1.23. The zero-order chi connectivity index (χ0) is 11.4. The lowest BCUT2D eigenvalue weighted by Gasteiger charge is -2.11. The molecule has 0 aliphatic carbocycles. The van der Waals surface area contributed by atoms with Crippen LogP contribution in [0.5, 0.6) is 0 Å². The second-order valence-corrected chi connectivity index (χ2v) is 4.30. The predicted molar refractivity (Wildman–Crippen MR) is 61.6 cm³/mol. The molecule has 0 saturated carbocycles. The third-order valence-electron chi connectivity index (χ3n) is 2.00. The van der Waals surface area contributed by atoms with Gasteiger partial charge in [-0.05, 0) is 30.0 Å². The van der Waals surface area contributed by atoms with E-state index in [4.69, 9.17) is 0 Å². The lowest BCUT2D eigenvalue weighted by Crippen LogP contribution is -2.21. The Bertz CT molecular complexity index is 366. The van der Waals surface area contributed by atoms with E-state index in [2.05, 4.69) is 0 Å². The molecule has 1 rings (SSSR count). The molecule has 1 amide bonds. The van der Waals surface area contributed by atoms with Crippen LogP contribution >= 0.6 is 11.8 Å². The zero-order valence-electron chi connectivity index (χ0n) is 9.08. The number of hydrogen-bond donors (Lipinski definition) is 0. The summed E-state index contributed by atoms with van der Waals surface area (Å²) >= 11 is 1.53. The van der Waals surface area contributed by atoms with Crippen LogP contribution in [0, 0.1) is 5.82 Å². The predicted octanol–water partition coefficient (Wildman–Crippen LogP) is 2.39. The second kappa shape index (κ2) is 5.16. The van der Waals surface area contributed by atoms with Crippen molar-refractivity contribution in [3.63, 3.8) is 0 Å². The van der Waals surface area contributed by atoms with Gasteiger partial charge in [-0.2, -0.15) is 11.8 Å². The Hall–Kier alpha value is -1.03. The van der Waals surface area contributed by atoms with Crippen molar-refractivity contribution in [2.45, 2.75) is 5.75 Å². The molecule has 15 heavy (non-hydrogen) atoms. The highest BCUT2D eigenvalue weighted by molar-refractivity contribution is 7.97. The average Bonchev–Trinajstić information content (AvgIpc) is 2.20. The largest absolute Gasteiger partial charge is 0.345 e. The van der Waals surface area contributed by atoms with Gasteiger partial charge >= 0.3 is 0 Å². The van der Waals surface area contributed by atoms with Crippen molar-refractivity contribution in [3.05, 3.63) is 35.1 Å². The fraction of sp³-hybridized carbons (Fsp3) is 0.364. The molecule has 4 heteroatoms. The van der Waals surface area contributed by atoms with E-state index >= 15 is 0 Å². The molecule has 0 fully saturated rings. The van der Waals surface area contributed by atoms with Gasteiger partial charge in [-0.3, -0.25) is 4.79 Å². The summed E-state index contributed by atoms with van der Waals surface area (Å²) in [6.07, 6.45) is 1.90. The molecule has 82 valence electrons. The van der Waals surface area contributed by atoms with Gasteiger partial charge in [0.15, 0.2) is 0 Å². The first kappa shape index (κ1) is 12.0. The van der Waals surface area contributed by atoms with Crippen molar-refractivity contribution < 1.29 is 9.18 Å². The quantitative estimate of drug-likeness (QED) is 0.790. The van der Waals surface area contributed by atoms with E-state index in [1.54, 1.807) is 20.2 Å². The molecule has 0 heterocycles. The third kappa shape index (κ3) is 2.96. The number of carbonyl (C=O) groups is 1. The van der Waals surface area contributed by atoms with Crippen LogP contribution in [0.4, 0.5) is 4.39 Å². The van der Waals surface area contributed by atoms with Crippen LogP contribution in [0.25, 0.3) is 0 Å². The highest BCUT2D eigenvalue weighted by Crippen LogP contribution is 2.16. The van der Waals surface area contributed by atoms with E-state index in [0.29, 0.717) is 16.9 Å². The third-order valence-corrected chi connectivity index (χ3v) is 2.60. The molecule has 0 radical (unpaired) electrons. The summed E-state index contributed by atoms with van der Waals surface area (Å²) in [5.74, 6) is 0.234. The monoisotopic (exact) mass is 227 g/mol. The molecular weight excluding hydrogens is 213 g/mol. The van der Waals surface area contributed by atoms with Crippen LogP contribution in [0.2, 0.25) is 0 Å². The first-order valence-electron chi connectivity index (χ1n) is 4.55. The van der Waals surface area contributed by atoms with Gasteiger partial charge in [-0.25, -0.2) is 4.39 Å². The smallest absolute Gasteiger partial charge is 0.253 e. The summed E-state index contributed by atoms with van der Waals surface area (Å²) in [4.78, 5) is 13.1. The number of amides is 1. The van der Waals surface area contributed by atoms with E-state index < -0.39 is 0 Å². The number of hydrogen-bond acceptors (Lipinski definition) is 2. The molecule has 0 aromatic heterocycles. The maximum atomic E-state index is 13.3. The standard InChI is InChI=1S/C11H14FNOS/c1-13(2)11(14)8-4-5-10(12)9(6-8)7-15-3/h4-6H,7H2,1-3H3. The van der Waals surface area contributed by atoms with Gasteiger partial charge in [0, 0.05) is 25.4 Å². The van der Waals surface area contributed by atoms with E-state index in [1.807, 2.05) is 6.26 Å². The van der Waals surface area contributed by atoms with Crippen LogP contribution in [0.1, 0.15) is 15.9 Å². The maximum Gasteiger partial charge on any atom is 0.253 e. The summed E-state index contributed by atoms with van der Waals surface area (Å²) in [5, 5.41) is 0. The van der Waals surface area contributed by atoms with Crippen LogP contribution in [-0.4, -0.2) is 31.2 Å². The first-order chi connectivity index (χ1) is 7.06. The SMILES string of the molecule is CSCc1cc(C(=O)N(C)C)ccc1F. The van der Waals surface area contributed by atoms with Crippen molar-refractivity contribution >= 4 is 17.7 Å². The van der Waals surface area contributed by atoms with E-state index in [0.717, 1.165) is 0 Å². The molecule has 0 spiro atoms. The summed E-state index contributed by atoms with van der Waals surface area (Å²) in [6, 6.07) is 4.48. The van der Waals surface area contributed by atoms with E-state index in [9.17, 15) is 9.18 Å². The highest BCUT2D eigenvalue weighted by Gasteiger charge is 2.10. The minimum atomic E-state index is -0.250. The summed E-state index contributed by atoms with van der Waals surface area (Å²) in [7, 11) is 3.36. The Morgan fingerprint density at radius 3 is 2.67 bits per heavy atom. The Morgan fingerprint density at radius 1 is 1.47 bits per heavy atom. The van der Waals surface area contributed by atoms with E-state index in [1.165, 1.54) is 28.8 Å². The Balaban J connectivity index is 3.01. The minimum Gasteiger partial charge on any atom is -0.345 e. The number of thioether (sulfide) groups is 1. The van der Waals surface area contributed by atoms with Crippen molar-refractivity contribution in [1.29, 1.82) is 0 Å². The number of carbonyl (C=O) groups excluding carboxylic acids is 1. The topological polar surface area (TPSA) is 20.3 Å². The molecule has 0 atom stereocenters. The van der Waals surface area contributed by atoms with Gasteiger partial charge in [0.1, 0.15) is 5.82 Å². The number of nitrogens with zero attached hydrogens (tertiary/aromatic N) is 1. The van der Waals surface area contributed by atoms with Crippen LogP contribution in [0.3, 0.4) is 0 Å². The molecule has 1 aromatic rings. The number of rotatable bonds is 3. The molecular formula is C11H14FNOS. The molecule has 0 unspecified atom stereocenters. The summed E-state index contributed by atoms with van der Waals surface area (Å²) < 4.78 is 13.3. The highest BCUT2D eigenvalue weighted by atomic mass is 32.2. The van der Waals surface area contributed by atoms with Gasteiger partial charge in [-0.1, -0.05) is 0 Å². The molecule has 1 aromatic carbocycles. The maximum absolute atomic E-state index is 13.3. The van der Waals surface area contributed by atoms with Crippen molar-refractivity contribution in [1.82, 2.24) is 4.90 Å². The zero-order valence-corrected chi connectivity index (χ0v) is 9.90. The second-order valence-electron chi connectivity index (χ2n) is 3.44. The Morgan fingerprint density at radius 2 is 2.13 bits per heavy atom. The molecule has 0 N–H and O–H groups in total. The summed E-state index contributed by atoms with van der Waals surface area (Å²) in [5.41, 5.74) is 1.11. The van der Waals surface area contributed by atoms with Crippen LogP contribution in [0.15, 0.2) is 18.2 Å². The van der Waals surface area contributed by atoms with Crippen molar-refractivity contribution in [3.8, 4) is 0 Å². The van der Waals surface area contributed by atoms with Gasteiger partial charge in [-0.15, -0.1) is 0 Å². The first-order valence-corrected chi connectivity index (χ1v) is 5.94. The molecule has 2 nitrogen and oxygen atoms in total. The molecule has 0 saturated heterocycles. The van der Waals surface area contributed by atoms with Crippen molar-refractivity contribution in [2.75, 3.05) is 20.4 Å². The van der Waals surface area contributed by atoms with Gasteiger partial charge in [0.05, 0.1) is 0 Å². The number of halogens is 1. The average molecular weight is 227 g/mol. The number of benzene rings is 1.